The van der Waals surface area contributed by atoms with Gasteiger partial charge in [-0.3, -0.25) is 9.59 Å². The van der Waals surface area contributed by atoms with E-state index in [0.717, 1.165) is 5.56 Å². The largest absolute Gasteiger partial charge is 0.503 e. The number of nitrogens with zero attached hydrogens (tertiary/aromatic N) is 2. The van der Waals surface area contributed by atoms with E-state index in [1.54, 1.807) is 25.2 Å². The smallest absolute Gasteiger partial charge is 0.307 e. The number of carbonyl (C=O) groups excluding carboxylic acids is 2. The highest BCUT2D eigenvalue weighted by atomic mass is 35.5. The van der Waals surface area contributed by atoms with Crippen LogP contribution in [0.25, 0.3) is 0 Å². The molecule has 0 spiro atoms. The quantitative estimate of drug-likeness (QED) is 0.726. The predicted octanol–water partition coefficient (Wildman–Crippen LogP) is 3.04. The third-order valence-corrected chi connectivity index (χ3v) is 4.53. The van der Waals surface area contributed by atoms with Crippen molar-refractivity contribution in [3.63, 3.8) is 0 Å². The molecular weight excluding hydrogens is 383 g/mol. The molecule has 0 atom stereocenters. The highest BCUT2D eigenvalue weighted by Crippen LogP contribution is 2.32. The summed E-state index contributed by atoms with van der Waals surface area (Å²) in [5.41, 5.74) is 0.680. The Morgan fingerprint density at radius 1 is 1.23 bits per heavy atom. The third kappa shape index (κ3) is 4.42. The summed E-state index contributed by atoms with van der Waals surface area (Å²) in [4.78, 5) is 25.1. The number of aryl methyl sites for hydroxylation is 1. The van der Waals surface area contributed by atoms with Crippen LogP contribution in [-0.2, 0) is 22.6 Å². The van der Waals surface area contributed by atoms with Gasteiger partial charge in [0.1, 0.15) is 5.56 Å². The first kappa shape index (κ1) is 19.9. The molecule has 0 aliphatic carbocycles. The van der Waals surface area contributed by atoms with Crippen molar-refractivity contribution in [3.8, 4) is 11.6 Å². The summed E-state index contributed by atoms with van der Waals surface area (Å²) in [5, 5.41) is 20.8. The Labute approximate surface area is 160 Å². The number of carbonyl (C=O) groups is 2. The van der Waals surface area contributed by atoms with Crippen LogP contribution in [0.3, 0.4) is 0 Å². The normalized spacial score (nSPS) is 10.6. The van der Waals surface area contributed by atoms with Gasteiger partial charge < -0.3 is 24.4 Å². The molecule has 1 heterocycles. The number of esters is 1. The Kier molecular flexibility index (Phi) is 6.39. The van der Waals surface area contributed by atoms with Gasteiger partial charge in [-0.2, -0.15) is 0 Å². The van der Waals surface area contributed by atoms with Crippen molar-refractivity contribution in [3.05, 3.63) is 45.6 Å². The molecule has 0 radical (unpaired) electrons. The van der Waals surface area contributed by atoms with Gasteiger partial charge in [-0.25, -0.2) is 0 Å². The Hall–Kier alpha value is -2.38. The summed E-state index contributed by atoms with van der Waals surface area (Å²) in [7, 11) is 2.80. The van der Waals surface area contributed by atoms with Crippen LogP contribution in [-0.4, -0.2) is 45.7 Å². The fourth-order valence-corrected chi connectivity index (χ4v) is 2.69. The van der Waals surface area contributed by atoms with Crippen molar-refractivity contribution in [2.75, 3.05) is 14.2 Å². The summed E-state index contributed by atoms with van der Waals surface area (Å²) in [6, 6.07) is 5.01. The van der Waals surface area contributed by atoms with Crippen LogP contribution in [0.15, 0.2) is 24.4 Å². The highest BCUT2D eigenvalue weighted by Gasteiger charge is 2.23. The minimum absolute atomic E-state index is 0.00900. The van der Waals surface area contributed by atoms with E-state index in [9.17, 15) is 19.8 Å². The van der Waals surface area contributed by atoms with E-state index in [4.69, 9.17) is 23.2 Å². The van der Waals surface area contributed by atoms with Gasteiger partial charge in [0, 0.05) is 26.3 Å². The lowest BCUT2D eigenvalue weighted by Gasteiger charge is -2.17. The fraction of sp³-hybridized carbons (Fsp3) is 0.294. The molecule has 1 aromatic heterocycles. The average molecular weight is 401 g/mol. The average Bonchev–Trinajstić information content (AvgIpc) is 2.90. The number of benzene rings is 1. The Balaban J connectivity index is 2.14. The zero-order valence-electron chi connectivity index (χ0n) is 14.2. The second-order valence-corrected chi connectivity index (χ2v) is 6.46. The van der Waals surface area contributed by atoms with E-state index in [1.807, 2.05) is 0 Å². The maximum Gasteiger partial charge on any atom is 0.307 e. The molecule has 2 N–H and O–H groups in total. The fourth-order valence-electron chi connectivity index (χ4n) is 2.36. The topological polar surface area (TPSA) is 92.0 Å². The van der Waals surface area contributed by atoms with E-state index in [2.05, 4.69) is 4.74 Å². The number of amides is 1. The number of rotatable bonds is 6. The molecule has 1 aromatic carbocycles. The van der Waals surface area contributed by atoms with E-state index in [0.29, 0.717) is 10.0 Å². The van der Waals surface area contributed by atoms with Gasteiger partial charge >= 0.3 is 5.97 Å². The van der Waals surface area contributed by atoms with Crippen LogP contribution in [0.2, 0.25) is 10.0 Å². The van der Waals surface area contributed by atoms with Crippen LogP contribution in [0.4, 0.5) is 0 Å². The molecule has 0 unspecified atom stereocenters. The molecule has 1 amide bonds. The lowest BCUT2D eigenvalue weighted by molar-refractivity contribution is -0.140. The van der Waals surface area contributed by atoms with Crippen molar-refractivity contribution < 1.29 is 24.5 Å². The number of halogens is 2. The van der Waals surface area contributed by atoms with Crippen LogP contribution in [0.1, 0.15) is 22.3 Å². The first-order valence-electron chi connectivity index (χ1n) is 7.61. The number of hydrogen-bond donors (Lipinski definition) is 2. The number of aromatic nitrogens is 1. The Bertz CT molecular complexity index is 835. The lowest BCUT2D eigenvalue weighted by atomic mass is 10.2. The monoisotopic (exact) mass is 400 g/mol. The molecule has 0 fully saturated rings. The van der Waals surface area contributed by atoms with Crippen LogP contribution in [0.5, 0.6) is 11.6 Å². The number of ether oxygens (including phenoxy) is 1. The second kappa shape index (κ2) is 8.33. The van der Waals surface area contributed by atoms with Gasteiger partial charge in [0.15, 0.2) is 5.75 Å². The van der Waals surface area contributed by atoms with Gasteiger partial charge in [0.05, 0.1) is 23.6 Å². The predicted molar refractivity (Wildman–Crippen MR) is 96.7 cm³/mol. The Morgan fingerprint density at radius 2 is 1.92 bits per heavy atom. The number of aromatic hydroxyl groups is 2. The number of methoxy groups -OCH3 is 1. The van der Waals surface area contributed by atoms with Gasteiger partial charge in [0.2, 0.25) is 5.88 Å². The molecule has 140 valence electrons. The number of hydrogen-bond acceptors (Lipinski definition) is 5. The first-order valence-corrected chi connectivity index (χ1v) is 8.37. The summed E-state index contributed by atoms with van der Waals surface area (Å²) >= 11 is 11.8. The molecule has 0 aliphatic rings. The zero-order valence-corrected chi connectivity index (χ0v) is 15.7. The SMILES string of the molecule is COC(=O)CCn1cc(C(=O)N(C)Cc2ccc(Cl)c(Cl)c2)c(O)c1O. The molecule has 7 nitrogen and oxygen atoms in total. The van der Waals surface area contributed by atoms with E-state index in [-0.39, 0.29) is 25.1 Å². The summed E-state index contributed by atoms with van der Waals surface area (Å²) in [6.45, 7) is 0.291. The second-order valence-electron chi connectivity index (χ2n) is 5.64. The van der Waals surface area contributed by atoms with E-state index >= 15 is 0 Å². The van der Waals surface area contributed by atoms with Gasteiger partial charge in [-0.15, -0.1) is 0 Å². The van der Waals surface area contributed by atoms with Gasteiger partial charge in [0.25, 0.3) is 5.91 Å². The van der Waals surface area contributed by atoms with E-state index < -0.39 is 23.5 Å². The maximum absolute atomic E-state index is 12.6. The van der Waals surface area contributed by atoms with Crippen LogP contribution in [0, 0.1) is 0 Å². The lowest BCUT2D eigenvalue weighted by Crippen LogP contribution is -2.26. The molecule has 2 rings (SSSR count). The highest BCUT2D eigenvalue weighted by molar-refractivity contribution is 6.42. The summed E-state index contributed by atoms with van der Waals surface area (Å²) in [6.07, 6.45) is 1.28. The van der Waals surface area contributed by atoms with E-state index in [1.165, 1.54) is 22.8 Å². The molecule has 2 aromatic rings. The third-order valence-electron chi connectivity index (χ3n) is 3.79. The maximum atomic E-state index is 12.6. The summed E-state index contributed by atoms with van der Waals surface area (Å²) in [5.74, 6) is -2.00. The molecular formula is C17H18Cl2N2O5. The molecule has 26 heavy (non-hydrogen) atoms. The molecule has 0 bridgehead atoms. The van der Waals surface area contributed by atoms with Crippen molar-refractivity contribution >= 4 is 35.1 Å². The molecule has 9 heteroatoms. The van der Waals surface area contributed by atoms with Crippen LogP contribution < -0.4 is 0 Å². The van der Waals surface area contributed by atoms with Crippen LogP contribution >= 0.6 is 23.2 Å². The Morgan fingerprint density at radius 3 is 2.54 bits per heavy atom. The minimum Gasteiger partial charge on any atom is -0.503 e. The minimum atomic E-state index is -0.541. The molecule has 0 saturated heterocycles. The van der Waals surface area contributed by atoms with Crippen molar-refractivity contribution in [2.45, 2.75) is 19.5 Å². The van der Waals surface area contributed by atoms with Crippen molar-refractivity contribution in [2.24, 2.45) is 0 Å². The van der Waals surface area contributed by atoms with Crippen molar-refractivity contribution in [1.82, 2.24) is 9.47 Å². The van der Waals surface area contributed by atoms with Gasteiger partial charge in [-0.05, 0) is 17.7 Å². The molecule has 0 aliphatic heterocycles. The van der Waals surface area contributed by atoms with Gasteiger partial charge in [-0.1, -0.05) is 29.3 Å². The first-order chi connectivity index (χ1) is 12.2. The standard InChI is InChI=1S/C17H18Cl2N2O5/c1-20(8-10-3-4-12(18)13(19)7-10)16(24)11-9-21(17(25)15(11)23)6-5-14(22)26-2/h3-4,7,9,23,25H,5-6,8H2,1-2H3. The zero-order chi connectivity index (χ0) is 19.4. The van der Waals surface area contributed by atoms with Crippen molar-refractivity contribution in [1.29, 1.82) is 0 Å². The molecule has 0 saturated carbocycles. The summed E-state index contributed by atoms with van der Waals surface area (Å²) < 4.78 is 5.74.